The zero-order chi connectivity index (χ0) is 13.7. The summed E-state index contributed by atoms with van der Waals surface area (Å²) in [6.07, 6.45) is 3.86. The smallest absolute Gasteiger partial charge is 0.167 e. The molecular weight excluding hydrogens is 280 g/mol. The predicted molar refractivity (Wildman–Crippen MR) is 79.6 cm³/mol. The van der Waals surface area contributed by atoms with Crippen LogP contribution < -0.4 is 0 Å². The monoisotopic (exact) mass is 296 g/mol. The summed E-state index contributed by atoms with van der Waals surface area (Å²) in [7, 11) is 1.93. The van der Waals surface area contributed by atoms with E-state index in [4.69, 9.17) is 16.7 Å². The molecule has 1 aromatic heterocycles. The Kier molecular flexibility index (Phi) is 5.31. The van der Waals surface area contributed by atoms with E-state index in [-0.39, 0.29) is 6.61 Å². The van der Waals surface area contributed by atoms with Gasteiger partial charge in [0, 0.05) is 17.8 Å². The largest absolute Gasteiger partial charge is 0.390 e. The van der Waals surface area contributed by atoms with Crippen molar-refractivity contribution in [1.82, 2.24) is 9.55 Å². The lowest BCUT2D eigenvalue weighted by molar-refractivity contribution is 0.271. The predicted octanol–water partition coefficient (Wildman–Crippen LogP) is 3.29. The number of aromatic nitrogens is 2. The summed E-state index contributed by atoms with van der Waals surface area (Å²) in [5.74, 6) is 1.01. The lowest BCUT2D eigenvalue weighted by atomic mass is 10.1. The third-order valence-electron chi connectivity index (χ3n) is 2.96. The van der Waals surface area contributed by atoms with Gasteiger partial charge in [0.2, 0.25) is 0 Å². The molecule has 0 aliphatic heterocycles. The molecule has 0 fully saturated rings. The Balaban J connectivity index is 1.77. The minimum absolute atomic E-state index is 0.0365. The summed E-state index contributed by atoms with van der Waals surface area (Å²) in [5.41, 5.74) is 2.15. The molecule has 0 unspecified atom stereocenters. The van der Waals surface area contributed by atoms with Gasteiger partial charge >= 0.3 is 0 Å². The fourth-order valence-electron chi connectivity index (χ4n) is 1.80. The first-order valence-corrected chi connectivity index (χ1v) is 7.55. The van der Waals surface area contributed by atoms with Crippen molar-refractivity contribution in [2.75, 3.05) is 5.75 Å². The highest BCUT2D eigenvalue weighted by molar-refractivity contribution is 7.99. The molecule has 0 amide bonds. The molecule has 19 heavy (non-hydrogen) atoms. The van der Waals surface area contributed by atoms with Crippen LogP contribution in [0.3, 0.4) is 0 Å². The molecule has 1 aromatic carbocycles. The van der Waals surface area contributed by atoms with Crippen molar-refractivity contribution in [1.29, 1.82) is 0 Å². The molecule has 0 aliphatic carbocycles. The van der Waals surface area contributed by atoms with Crippen LogP contribution in [0.4, 0.5) is 0 Å². The zero-order valence-electron chi connectivity index (χ0n) is 10.8. The number of hydrogen-bond donors (Lipinski definition) is 1. The third-order valence-corrected chi connectivity index (χ3v) is 4.34. The average molecular weight is 297 g/mol. The maximum atomic E-state index is 9.09. The second-order valence-corrected chi connectivity index (χ2v) is 5.83. The van der Waals surface area contributed by atoms with E-state index >= 15 is 0 Å². The number of imidazole rings is 1. The number of rotatable bonds is 6. The number of nitrogens with zero attached hydrogens (tertiary/aromatic N) is 2. The van der Waals surface area contributed by atoms with Gasteiger partial charge in [0.15, 0.2) is 5.16 Å². The van der Waals surface area contributed by atoms with Gasteiger partial charge < -0.3 is 9.67 Å². The summed E-state index contributed by atoms with van der Waals surface area (Å²) in [6.45, 7) is 0.0365. The molecule has 1 heterocycles. The molecule has 0 aliphatic rings. The van der Waals surface area contributed by atoms with Gasteiger partial charge in [-0.15, -0.1) is 0 Å². The van der Waals surface area contributed by atoms with Crippen LogP contribution in [0.1, 0.15) is 17.7 Å². The van der Waals surface area contributed by atoms with Crippen LogP contribution in [0.15, 0.2) is 35.6 Å². The molecule has 0 spiro atoms. The highest BCUT2D eigenvalue weighted by atomic mass is 35.5. The van der Waals surface area contributed by atoms with Crippen molar-refractivity contribution in [2.24, 2.45) is 7.05 Å². The maximum Gasteiger partial charge on any atom is 0.167 e. The van der Waals surface area contributed by atoms with Crippen molar-refractivity contribution in [2.45, 2.75) is 24.6 Å². The lowest BCUT2D eigenvalue weighted by Gasteiger charge is -2.04. The number of thioether (sulfide) groups is 1. The van der Waals surface area contributed by atoms with Crippen molar-refractivity contribution in [3.8, 4) is 0 Å². The standard InChI is InChI=1S/C14H17ClN2OS/c1-17-13(10-18)9-16-14(17)19-8-2-3-11-4-6-12(15)7-5-11/h4-7,9,18H,2-3,8,10H2,1H3. The van der Waals surface area contributed by atoms with Gasteiger partial charge in [-0.05, 0) is 30.5 Å². The number of hydrogen-bond acceptors (Lipinski definition) is 3. The second-order valence-electron chi connectivity index (χ2n) is 4.33. The summed E-state index contributed by atoms with van der Waals surface area (Å²) < 4.78 is 1.94. The quantitative estimate of drug-likeness (QED) is 0.656. The van der Waals surface area contributed by atoms with Crippen LogP contribution in [0.25, 0.3) is 0 Å². The molecule has 0 radical (unpaired) electrons. The van der Waals surface area contributed by atoms with Gasteiger partial charge in [-0.2, -0.15) is 0 Å². The summed E-state index contributed by atoms with van der Waals surface area (Å²) in [5, 5.41) is 10.8. The van der Waals surface area contributed by atoms with E-state index in [0.29, 0.717) is 0 Å². The fraction of sp³-hybridized carbons (Fsp3) is 0.357. The summed E-state index contributed by atoms with van der Waals surface area (Å²) in [6, 6.07) is 7.99. The van der Waals surface area contributed by atoms with Crippen molar-refractivity contribution in [3.63, 3.8) is 0 Å². The highest BCUT2D eigenvalue weighted by Crippen LogP contribution is 2.19. The molecule has 1 N–H and O–H groups in total. The van der Waals surface area contributed by atoms with Crippen LogP contribution in [0, 0.1) is 0 Å². The van der Waals surface area contributed by atoms with Crippen molar-refractivity contribution in [3.05, 3.63) is 46.7 Å². The van der Waals surface area contributed by atoms with E-state index in [2.05, 4.69) is 17.1 Å². The molecule has 2 rings (SSSR count). The van der Waals surface area contributed by atoms with Gasteiger partial charge in [0.1, 0.15) is 0 Å². The molecule has 102 valence electrons. The molecular formula is C14H17ClN2OS. The van der Waals surface area contributed by atoms with E-state index in [1.165, 1.54) is 5.56 Å². The lowest BCUT2D eigenvalue weighted by Crippen LogP contribution is -1.98. The molecule has 0 bridgehead atoms. The number of aliphatic hydroxyl groups excluding tert-OH is 1. The Labute approximate surface area is 122 Å². The first-order valence-electron chi connectivity index (χ1n) is 6.19. The molecule has 0 saturated carbocycles. The van der Waals surface area contributed by atoms with Gasteiger partial charge in [-0.1, -0.05) is 35.5 Å². The van der Waals surface area contributed by atoms with Gasteiger partial charge in [-0.3, -0.25) is 0 Å². The van der Waals surface area contributed by atoms with E-state index in [1.54, 1.807) is 18.0 Å². The molecule has 5 heteroatoms. The molecule has 3 nitrogen and oxygen atoms in total. The van der Waals surface area contributed by atoms with Crippen LogP contribution in [0.2, 0.25) is 5.02 Å². The van der Waals surface area contributed by atoms with Crippen LogP contribution in [-0.2, 0) is 20.1 Å². The van der Waals surface area contributed by atoms with Gasteiger partial charge in [0.05, 0.1) is 18.5 Å². The fourth-order valence-corrected chi connectivity index (χ4v) is 2.83. The highest BCUT2D eigenvalue weighted by Gasteiger charge is 2.05. The van der Waals surface area contributed by atoms with Crippen LogP contribution >= 0.6 is 23.4 Å². The van der Waals surface area contributed by atoms with Crippen LogP contribution in [-0.4, -0.2) is 20.4 Å². The van der Waals surface area contributed by atoms with Crippen LogP contribution in [0.5, 0.6) is 0 Å². The summed E-state index contributed by atoms with van der Waals surface area (Å²) in [4.78, 5) is 4.29. The normalized spacial score (nSPS) is 10.9. The second kappa shape index (κ2) is 6.98. The number of benzene rings is 1. The minimum Gasteiger partial charge on any atom is -0.390 e. The Bertz CT molecular complexity index is 525. The number of aryl methyl sites for hydroxylation is 1. The molecule has 2 aromatic rings. The first kappa shape index (κ1) is 14.4. The first-order chi connectivity index (χ1) is 9.20. The number of halogens is 1. The average Bonchev–Trinajstić information content (AvgIpc) is 2.77. The van der Waals surface area contributed by atoms with Crippen molar-refractivity contribution < 1.29 is 5.11 Å². The van der Waals surface area contributed by atoms with E-state index in [0.717, 1.165) is 34.5 Å². The van der Waals surface area contributed by atoms with E-state index in [9.17, 15) is 0 Å². The Hall–Kier alpha value is -0.970. The third kappa shape index (κ3) is 4.00. The summed E-state index contributed by atoms with van der Waals surface area (Å²) >= 11 is 7.57. The minimum atomic E-state index is 0.0365. The maximum absolute atomic E-state index is 9.09. The topological polar surface area (TPSA) is 38.0 Å². The Morgan fingerprint density at radius 3 is 2.68 bits per heavy atom. The zero-order valence-corrected chi connectivity index (χ0v) is 12.4. The SMILES string of the molecule is Cn1c(CO)cnc1SCCCc1ccc(Cl)cc1. The molecule has 0 saturated heterocycles. The van der Waals surface area contributed by atoms with Gasteiger partial charge in [-0.25, -0.2) is 4.98 Å². The Morgan fingerprint density at radius 1 is 1.32 bits per heavy atom. The number of aliphatic hydroxyl groups is 1. The molecule has 0 atom stereocenters. The Morgan fingerprint density at radius 2 is 2.05 bits per heavy atom. The van der Waals surface area contributed by atoms with Gasteiger partial charge in [0.25, 0.3) is 0 Å². The van der Waals surface area contributed by atoms with E-state index in [1.807, 2.05) is 23.7 Å². The van der Waals surface area contributed by atoms with Crippen molar-refractivity contribution >= 4 is 23.4 Å². The van der Waals surface area contributed by atoms with E-state index < -0.39 is 0 Å².